The third kappa shape index (κ3) is 4.53. The van der Waals surface area contributed by atoms with E-state index >= 15 is 0 Å². The quantitative estimate of drug-likeness (QED) is 0.596. The van der Waals surface area contributed by atoms with Crippen LogP contribution in [0.2, 0.25) is 0 Å². The van der Waals surface area contributed by atoms with Gasteiger partial charge in [-0.2, -0.15) is 4.80 Å². The molecule has 2 atom stereocenters. The Morgan fingerprint density at radius 2 is 2.07 bits per heavy atom. The van der Waals surface area contributed by atoms with Gasteiger partial charge >= 0.3 is 0 Å². The number of aryl methyl sites for hydroxylation is 1. The van der Waals surface area contributed by atoms with Crippen LogP contribution in [-0.2, 0) is 11.8 Å². The van der Waals surface area contributed by atoms with Crippen LogP contribution in [0.1, 0.15) is 30.7 Å². The number of carbonyl (C=O) groups excluding carboxylic acids is 1. The van der Waals surface area contributed by atoms with Crippen molar-refractivity contribution in [2.24, 2.45) is 13.0 Å². The molecule has 0 aliphatic heterocycles. The Morgan fingerprint density at radius 3 is 2.67 bits per heavy atom. The summed E-state index contributed by atoms with van der Waals surface area (Å²) in [6.07, 6.45) is 1.31. The van der Waals surface area contributed by atoms with Crippen molar-refractivity contribution < 1.29 is 13.6 Å². The SMILES string of the molecule is Cn1nnc(-c2ccc(C(C(=O)Nc3cc(Br)ccn3)C3CCC(F)(F)C3)cc2)n1. The lowest BCUT2D eigenvalue weighted by atomic mass is 9.83. The number of amides is 1. The number of halogens is 3. The van der Waals surface area contributed by atoms with Gasteiger partial charge in [0.05, 0.1) is 13.0 Å². The molecule has 4 rings (SSSR count). The molecule has 0 radical (unpaired) electrons. The fourth-order valence-corrected chi connectivity index (χ4v) is 4.16. The van der Waals surface area contributed by atoms with Crippen LogP contribution in [-0.4, -0.2) is 37.0 Å². The monoisotopic (exact) mass is 476 g/mol. The zero-order valence-corrected chi connectivity index (χ0v) is 17.7. The van der Waals surface area contributed by atoms with Crippen LogP contribution in [0.5, 0.6) is 0 Å². The number of hydrogen-bond donors (Lipinski definition) is 1. The van der Waals surface area contributed by atoms with Gasteiger partial charge in [-0.3, -0.25) is 4.79 Å². The molecule has 10 heteroatoms. The van der Waals surface area contributed by atoms with E-state index in [4.69, 9.17) is 0 Å². The summed E-state index contributed by atoms with van der Waals surface area (Å²) >= 11 is 3.34. The number of hydrogen-bond acceptors (Lipinski definition) is 5. The highest BCUT2D eigenvalue weighted by Crippen LogP contribution is 2.46. The van der Waals surface area contributed by atoms with Crippen LogP contribution >= 0.6 is 15.9 Å². The zero-order chi connectivity index (χ0) is 21.3. The van der Waals surface area contributed by atoms with Gasteiger partial charge in [-0.25, -0.2) is 13.8 Å². The Balaban J connectivity index is 1.62. The Hall–Kier alpha value is -2.75. The topological polar surface area (TPSA) is 85.6 Å². The molecule has 30 heavy (non-hydrogen) atoms. The fourth-order valence-electron chi connectivity index (χ4n) is 3.82. The van der Waals surface area contributed by atoms with Crippen LogP contribution < -0.4 is 5.32 Å². The molecule has 7 nitrogen and oxygen atoms in total. The fraction of sp³-hybridized carbons (Fsp3) is 0.350. The van der Waals surface area contributed by atoms with Gasteiger partial charge in [0.2, 0.25) is 17.7 Å². The highest BCUT2D eigenvalue weighted by molar-refractivity contribution is 9.10. The average molecular weight is 477 g/mol. The summed E-state index contributed by atoms with van der Waals surface area (Å²) in [7, 11) is 1.67. The van der Waals surface area contributed by atoms with Crippen LogP contribution in [0.15, 0.2) is 47.1 Å². The molecule has 1 fully saturated rings. The van der Waals surface area contributed by atoms with E-state index in [0.29, 0.717) is 17.2 Å². The highest BCUT2D eigenvalue weighted by Gasteiger charge is 2.45. The third-order valence-electron chi connectivity index (χ3n) is 5.21. The second-order valence-electron chi connectivity index (χ2n) is 7.41. The largest absolute Gasteiger partial charge is 0.310 e. The molecule has 2 unspecified atom stereocenters. The highest BCUT2D eigenvalue weighted by atomic mass is 79.9. The lowest BCUT2D eigenvalue weighted by Crippen LogP contribution is -2.27. The van der Waals surface area contributed by atoms with Gasteiger partial charge in [-0.05, 0) is 35.2 Å². The molecular weight excluding hydrogens is 458 g/mol. The summed E-state index contributed by atoms with van der Waals surface area (Å²) in [6.45, 7) is 0. The summed E-state index contributed by atoms with van der Waals surface area (Å²) < 4.78 is 28.6. The molecule has 156 valence electrons. The van der Waals surface area contributed by atoms with Crippen molar-refractivity contribution in [2.45, 2.75) is 31.1 Å². The second kappa shape index (κ2) is 8.17. The van der Waals surface area contributed by atoms with Crippen molar-refractivity contribution in [3.8, 4) is 11.4 Å². The standard InChI is InChI=1S/C20H19BrF2N6O/c1-29-27-18(26-28-29)13-4-2-12(3-5-13)17(14-6-8-20(22,23)11-14)19(30)25-16-10-15(21)7-9-24-16/h2-5,7,9-10,14,17H,6,8,11H2,1H3,(H,24,25,30). The number of aromatic nitrogens is 5. The van der Waals surface area contributed by atoms with Gasteiger partial charge in [0.25, 0.3) is 0 Å². The molecule has 0 bridgehead atoms. The van der Waals surface area contributed by atoms with Gasteiger partial charge in [0.15, 0.2) is 0 Å². The number of alkyl halides is 2. The normalized spacial score (nSPS) is 18.9. The minimum absolute atomic E-state index is 0.210. The van der Waals surface area contributed by atoms with E-state index in [9.17, 15) is 13.6 Å². The number of benzene rings is 1. The van der Waals surface area contributed by atoms with Crippen molar-refractivity contribution in [3.63, 3.8) is 0 Å². The van der Waals surface area contributed by atoms with E-state index < -0.39 is 17.8 Å². The summed E-state index contributed by atoms with van der Waals surface area (Å²) in [5.74, 6) is -3.47. The maximum atomic E-state index is 13.9. The van der Waals surface area contributed by atoms with E-state index in [1.165, 1.54) is 4.80 Å². The zero-order valence-electron chi connectivity index (χ0n) is 16.1. The first-order chi connectivity index (χ1) is 14.3. The number of nitrogens with zero attached hydrogens (tertiary/aromatic N) is 5. The smallest absolute Gasteiger partial charge is 0.248 e. The molecule has 0 spiro atoms. The van der Waals surface area contributed by atoms with Gasteiger partial charge in [0.1, 0.15) is 5.82 Å². The number of anilines is 1. The van der Waals surface area contributed by atoms with Crippen LogP contribution in [0.4, 0.5) is 14.6 Å². The van der Waals surface area contributed by atoms with E-state index in [2.05, 4.69) is 41.6 Å². The first kappa shape index (κ1) is 20.5. The predicted octanol–water partition coefficient (Wildman–Crippen LogP) is 4.19. The van der Waals surface area contributed by atoms with E-state index in [0.717, 1.165) is 10.0 Å². The van der Waals surface area contributed by atoms with Crippen molar-refractivity contribution in [1.29, 1.82) is 0 Å². The summed E-state index contributed by atoms with van der Waals surface area (Å²) in [4.78, 5) is 18.6. The summed E-state index contributed by atoms with van der Waals surface area (Å²) in [5, 5.41) is 14.7. The molecule has 0 saturated heterocycles. The predicted molar refractivity (Wildman–Crippen MR) is 110 cm³/mol. The number of pyridine rings is 1. The third-order valence-corrected chi connectivity index (χ3v) is 5.70. The van der Waals surface area contributed by atoms with Gasteiger partial charge in [-0.1, -0.05) is 40.2 Å². The second-order valence-corrected chi connectivity index (χ2v) is 8.33. The number of nitrogens with one attached hydrogen (secondary N) is 1. The van der Waals surface area contributed by atoms with E-state index in [1.54, 1.807) is 49.6 Å². The summed E-state index contributed by atoms with van der Waals surface area (Å²) in [6, 6.07) is 10.5. The number of carbonyl (C=O) groups is 1. The molecule has 1 aromatic carbocycles. The Bertz CT molecular complexity index is 1060. The van der Waals surface area contributed by atoms with Crippen molar-refractivity contribution in [2.75, 3.05) is 5.32 Å². The van der Waals surface area contributed by atoms with E-state index in [1.807, 2.05) is 0 Å². The molecular formula is C20H19BrF2N6O. The van der Waals surface area contributed by atoms with Crippen molar-refractivity contribution in [1.82, 2.24) is 25.2 Å². The maximum Gasteiger partial charge on any atom is 0.248 e. The molecule has 3 aromatic rings. The molecule has 1 saturated carbocycles. The van der Waals surface area contributed by atoms with E-state index in [-0.39, 0.29) is 25.2 Å². The Morgan fingerprint density at radius 1 is 1.30 bits per heavy atom. The van der Waals surface area contributed by atoms with Crippen molar-refractivity contribution in [3.05, 3.63) is 52.6 Å². The first-order valence-corrected chi connectivity index (χ1v) is 10.2. The molecule has 1 aliphatic rings. The van der Waals surface area contributed by atoms with Gasteiger partial charge in [-0.15, -0.1) is 10.2 Å². The Labute approximate surface area is 180 Å². The first-order valence-electron chi connectivity index (χ1n) is 9.45. The molecule has 2 aromatic heterocycles. The van der Waals surface area contributed by atoms with Crippen molar-refractivity contribution >= 4 is 27.7 Å². The van der Waals surface area contributed by atoms with Crippen LogP contribution in [0.3, 0.4) is 0 Å². The maximum absolute atomic E-state index is 13.9. The van der Waals surface area contributed by atoms with Crippen LogP contribution in [0.25, 0.3) is 11.4 Å². The van der Waals surface area contributed by atoms with Gasteiger partial charge < -0.3 is 5.32 Å². The number of rotatable bonds is 5. The van der Waals surface area contributed by atoms with Gasteiger partial charge in [0, 0.05) is 29.1 Å². The lowest BCUT2D eigenvalue weighted by molar-refractivity contribution is -0.118. The summed E-state index contributed by atoms with van der Waals surface area (Å²) in [5.41, 5.74) is 1.40. The average Bonchev–Trinajstić information content (AvgIpc) is 3.28. The Kier molecular flexibility index (Phi) is 5.59. The lowest BCUT2D eigenvalue weighted by Gasteiger charge is -2.23. The minimum atomic E-state index is -2.75. The molecule has 1 aliphatic carbocycles. The minimum Gasteiger partial charge on any atom is -0.310 e. The molecule has 1 amide bonds. The molecule has 1 N–H and O–H groups in total. The van der Waals surface area contributed by atoms with Crippen LogP contribution in [0, 0.1) is 5.92 Å². The number of tetrazole rings is 1. The molecule has 2 heterocycles.